The lowest BCUT2D eigenvalue weighted by Gasteiger charge is -2.15. The van der Waals surface area contributed by atoms with Crippen LogP contribution in [0.5, 0.6) is 11.5 Å². The summed E-state index contributed by atoms with van der Waals surface area (Å²) < 4.78 is 10.7. The number of methoxy groups -OCH3 is 2. The number of carbonyl (C=O) groups is 2. The zero-order valence-corrected chi connectivity index (χ0v) is 14.2. The van der Waals surface area contributed by atoms with E-state index in [0.29, 0.717) is 17.1 Å². The van der Waals surface area contributed by atoms with Gasteiger partial charge in [-0.15, -0.1) is 0 Å². The molecule has 2 aromatic rings. The van der Waals surface area contributed by atoms with Crippen molar-refractivity contribution in [3.8, 4) is 11.5 Å². The fourth-order valence-corrected chi connectivity index (χ4v) is 3.03. The van der Waals surface area contributed by atoms with Crippen molar-refractivity contribution in [3.05, 3.63) is 59.2 Å². The number of fused-ring (bicyclic) bond motifs is 1. The molecule has 25 heavy (non-hydrogen) atoms. The number of amides is 2. The lowest BCUT2D eigenvalue weighted by Crippen LogP contribution is -2.29. The normalized spacial score (nSPS) is 15.3. The van der Waals surface area contributed by atoms with Crippen LogP contribution in [0.1, 0.15) is 33.9 Å². The first-order valence-corrected chi connectivity index (χ1v) is 8.00. The van der Waals surface area contributed by atoms with Crippen LogP contribution in [-0.2, 0) is 11.3 Å². The molecule has 1 aliphatic rings. The van der Waals surface area contributed by atoms with Crippen LogP contribution in [-0.4, -0.2) is 26.0 Å². The van der Waals surface area contributed by atoms with E-state index >= 15 is 0 Å². The number of benzene rings is 2. The molecule has 0 spiro atoms. The van der Waals surface area contributed by atoms with E-state index in [-0.39, 0.29) is 30.8 Å². The standard InChI is InChI=1S/C19H20N2O4/c1-24-16-8-5-9-17(25-2)14(16)11-20-18(22)10-15-12-6-3-4-7-13(12)19(23)21-15/h3-9,15H,10-11H2,1-2H3,(H,20,22)(H,21,23). The van der Waals surface area contributed by atoms with Crippen molar-refractivity contribution in [2.75, 3.05) is 14.2 Å². The maximum absolute atomic E-state index is 12.3. The predicted octanol–water partition coefficient (Wildman–Crippen LogP) is 2.19. The summed E-state index contributed by atoms with van der Waals surface area (Å²) >= 11 is 0. The van der Waals surface area contributed by atoms with Gasteiger partial charge in [0.2, 0.25) is 5.91 Å². The van der Waals surface area contributed by atoms with Gasteiger partial charge in [0.1, 0.15) is 11.5 Å². The van der Waals surface area contributed by atoms with E-state index < -0.39 is 0 Å². The summed E-state index contributed by atoms with van der Waals surface area (Å²) in [5, 5.41) is 5.72. The predicted molar refractivity (Wildman–Crippen MR) is 92.7 cm³/mol. The van der Waals surface area contributed by atoms with Crippen molar-refractivity contribution >= 4 is 11.8 Å². The van der Waals surface area contributed by atoms with Crippen LogP contribution in [0.2, 0.25) is 0 Å². The van der Waals surface area contributed by atoms with Gasteiger partial charge in [-0.05, 0) is 23.8 Å². The zero-order chi connectivity index (χ0) is 17.8. The van der Waals surface area contributed by atoms with Crippen molar-refractivity contribution < 1.29 is 19.1 Å². The Hall–Kier alpha value is -3.02. The maximum atomic E-state index is 12.3. The zero-order valence-electron chi connectivity index (χ0n) is 14.2. The van der Waals surface area contributed by atoms with Crippen molar-refractivity contribution in [3.63, 3.8) is 0 Å². The van der Waals surface area contributed by atoms with Crippen LogP contribution in [0.4, 0.5) is 0 Å². The van der Waals surface area contributed by atoms with E-state index in [1.54, 1.807) is 20.3 Å². The van der Waals surface area contributed by atoms with Gasteiger partial charge in [-0.25, -0.2) is 0 Å². The average Bonchev–Trinajstić information content (AvgIpc) is 2.95. The molecule has 1 heterocycles. The van der Waals surface area contributed by atoms with Gasteiger partial charge >= 0.3 is 0 Å². The molecule has 1 atom stereocenters. The fraction of sp³-hybridized carbons (Fsp3) is 0.263. The molecule has 130 valence electrons. The van der Waals surface area contributed by atoms with Gasteiger partial charge < -0.3 is 20.1 Å². The molecule has 6 nitrogen and oxygen atoms in total. The summed E-state index contributed by atoms with van der Waals surface area (Å²) in [6, 6.07) is 12.5. The molecule has 6 heteroatoms. The Kier molecular flexibility index (Phi) is 4.88. The van der Waals surface area contributed by atoms with E-state index in [1.807, 2.05) is 36.4 Å². The molecule has 0 aliphatic carbocycles. The Morgan fingerprint density at radius 3 is 2.44 bits per heavy atom. The number of carbonyl (C=O) groups excluding carboxylic acids is 2. The summed E-state index contributed by atoms with van der Waals surface area (Å²) in [5.74, 6) is 1.01. The van der Waals surface area contributed by atoms with Gasteiger partial charge in [-0.2, -0.15) is 0 Å². The number of hydrogen-bond donors (Lipinski definition) is 2. The van der Waals surface area contributed by atoms with E-state index in [2.05, 4.69) is 10.6 Å². The van der Waals surface area contributed by atoms with Crippen LogP contribution in [0.15, 0.2) is 42.5 Å². The number of ether oxygens (including phenoxy) is 2. The molecule has 0 fully saturated rings. The van der Waals surface area contributed by atoms with Gasteiger partial charge in [0.25, 0.3) is 5.91 Å². The molecule has 1 aliphatic heterocycles. The molecule has 2 aromatic carbocycles. The Balaban J connectivity index is 1.66. The molecular weight excluding hydrogens is 320 g/mol. The molecule has 1 unspecified atom stereocenters. The van der Waals surface area contributed by atoms with Crippen LogP contribution in [0.25, 0.3) is 0 Å². The van der Waals surface area contributed by atoms with E-state index in [0.717, 1.165) is 11.1 Å². The molecule has 3 rings (SSSR count). The minimum atomic E-state index is -0.303. The summed E-state index contributed by atoms with van der Waals surface area (Å²) in [5.41, 5.74) is 2.26. The third-order valence-corrected chi connectivity index (χ3v) is 4.27. The number of nitrogens with one attached hydrogen (secondary N) is 2. The quantitative estimate of drug-likeness (QED) is 0.845. The summed E-state index contributed by atoms with van der Waals surface area (Å²) in [7, 11) is 3.15. The third kappa shape index (κ3) is 3.42. The van der Waals surface area contributed by atoms with E-state index in [4.69, 9.17) is 9.47 Å². The summed E-state index contributed by atoms with van der Waals surface area (Å²) in [6.45, 7) is 0.286. The minimum Gasteiger partial charge on any atom is -0.496 e. The summed E-state index contributed by atoms with van der Waals surface area (Å²) in [4.78, 5) is 24.3. The minimum absolute atomic E-state index is 0.139. The number of rotatable bonds is 6. The third-order valence-electron chi connectivity index (χ3n) is 4.27. The number of hydrogen-bond acceptors (Lipinski definition) is 4. The van der Waals surface area contributed by atoms with Gasteiger partial charge in [0.05, 0.1) is 38.8 Å². The molecule has 0 bridgehead atoms. The van der Waals surface area contributed by atoms with Crippen LogP contribution in [0, 0.1) is 0 Å². The molecule has 0 saturated heterocycles. The monoisotopic (exact) mass is 340 g/mol. The van der Waals surface area contributed by atoms with Gasteiger partial charge in [0.15, 0.2) is 0 Å². The highest BCUT2D eigenvalue weighted by Crippen LogP contribution is 2.29. The molecular formula is C19H20N2O4. The largest absolute Gasteiger partial charge is 0.496 e. The van der Waals surface area contributed by atoms with Gasteiger partial charge in [-0.3, -0.25) is 9.59 Å². The highest BCUT2D eigenvalue weighted by atomic mass is 16.5. The Morgan fingerprint density at radius 2 is 1.76 bits per heavy atom. The second kappa shape index (κ2) is 7.25. The second-order valence-corrected chi connectivity index (χ2v) is 5.74. The molecule has 0 aromatic heterocycles. The molecule has 2 amide bonds. The van der Waals surface area contributed by atoms with E-state index in [9.17, 15) is 9.59 Å². The SMILES string of the molecule is COc1cccc(OC)c1CNC(=O)CC1NC(=O)c2ccccc21. The highest BCUT2D eigenvalue weighted by Gasteiger charge is 2.29. The first kappa shape index (κ1) is 16.8. The van der Waals surface area contributed by atoms with Crippen LogP contribution in [0.3, 0.4) is 0 Å². The topological polar surface area (TPSA) is 76.7 Å². The second-order valence-electron chi connectivity index (χ2n) is 5.74. The van der Waals surface area contributed by atoms with Crippen molar-refractivity contribution in [2.24, 2.45) is 0 Å². The van der Waals surface area contributed by atoms with Crippen molar-refractivity contribution in [1.29, 1.82) is 0 Å². The highest BCUT2D eigenvalue weighted by molar-refractivity contribution is 5.99. The Bertz CT molecular complexity index is 782. The van der Waals surface area contributed by atoms with E-state index in [1.165, 1.54) is 0 Å². The fourth-order valence-electron chi connectivity index (χ4n) is 3.03. The molecule has 2 N–H and O–H groups in total. The first-order chi connectivity index (χ1) is 12.1. The Morgan fingerprint density at radius 1 is 1.08 bits per heavy atom. The molecule has 0 saturated carbocycles. The van der Waals surface area contributed by atoms with Crippen LogP contribution < -0.4 is 20.1 Å². The van der Waals surface area contributed by atoms with Gasteiger partial charge in [-0.1, -0.05) is 24.3 Å². The lowest BCUT2D eigenvalue weighted by atomic mass is 10.0. The summed E-state index contributed by atoms with van der Waals surface area (Å²) in [6.07, 6.45) is 0.181. The van der Waals surface area contributed by atoms with Crippen molar-refractivity contribution in [2.45, 2.75) is 19.0 Å². The Labute approximate surface area is 146 Å². The first-order valence-electron chi connectivity index (χ1n) is 8.00. The van der Waals surface area contributed by atoms with Gasteiger partial charge in [0, 0.05) is 5.56 Å². The smallest absolute Gasteiger partial charge is 0.252 e. The molecule has 0 radical (unpaired) electrons. The lowest BCUT2D eigenvalue weighted by molar-refractivity contribution is -0.121. The average molecular weight is 340 g/mol. The maximum Gasteiger partial charge on any atom is 0.252 e. The van der Waals surface area contributed by atoms with Crippen LogP contribution >= 0.6 is 0 Å². The van der Waals surface area contributed by atoms with Crippen molar-refractivity contribution in [1.82, 2.24) is 10.6 Å².